The normalized spacial score (nSPS) is 30.8. The molecule has 6 nitrogen and oxygen atoms in total. The molecule has 2 N–H and O–H groups in total. The highest BCUT2D eigenvalue weighted by Crippen LogP contribution is 2.40. The van der Waals surface area contributed by atoms with Crippen molar-refractivity contribution in [2.45, 2.75) is 141 Å². The number of aliphatic hydroxyl groups excluding tert-OH is 2. The molecule has 0 spiro atoms. The Hall–Kier alpha value is 0.194. The van der Waals surface area contributed by atoms with Gasteiger partial charge in [0.2, 0.25) is 0 Å². The van der Waals surface area contributed by atoms with Crippen LogP contribution in [0.5, 0.6) is 0 Å². The average molecular weight is 505 g/mol. The first-order chi connectivity index (χ1) is 15.3. The van der Waals surface area contributed by atoms with Gasteiger partial charge in [0.25, 0.3) is 0 Å². The van der Waals surface area contributed by atoms with Crippen molar-refractivity contribution in [1.29, 1.82) is 0 Å². The van der Waals surface area contributed by atoms with Crippen LogP contribution in [0.1, 0.15) is 67.7 Å². The van der Waals surface area contributed by atoms with Crippen LogP contribution in [0.25, 0.3) is 0 Å². The Morgan fingerprint density at radius 2 is 1.58 bits per heavy atom. The molecule has 0 aliphatic carbocycles. The van der Waals surface area contributed by atoms with Gasteiger partial charge in [0, 0.05) is 19.4 Å². The molecule has 2 aliphatic heterocycles. The van der Waals surface area contributed by atoms with E-state index >= 15 is 0 Å². The third-order valence-corrected chi connectivity index (χ3v) is 17.9. The molecule has 0 saturated carbocycles. The maximum absolute atomic E-state index is 10.7. The van der Waals surface area contributed by atoms with Crippen molar-refractivity contribution in [3.8, 4) is 0 Å². The zero-order valence-electron chi connectivity index (χ0n) is 22.7. The molecule has 2 fully saturated rings. The second-order valence-corrected chi connectivity index (χ2v) is 21.4. The topological polar surface area (TPSA) is 77.4 Å². The molecule has 0 radical (unpaired) electrons. The zero-order chi connectivity index (χ0) is 25.0. The molecular weight excluding hydrogens is 452 g/mol. The lowest BCUT2D eigenvalue weighted by Gasteiger charge is -2.40. The minimum atomic E-state index is -1.92. The number of rotatable bonds is 12. The average Bonchev–Trinajstić information content (AvgIpc) is 3.16. The summed E-state index contributed by atoms with van der Waals surface area (Å²) < 4.78 is 26.5. The fraction of sp³-hybridized carbons (Fsp3) is 1.00. The molecule has 7 atom stereocenters. The number of ether oxygens (including phenoxy) is 2. The van der Waals surface area contributed by atoms with Crippen LogP contribution in [-0.2, 0) is 18.3 Å². The Morgan fingerprint density at radius 1 is 1.00 bits per heavy atom. The summed E-state index contributed by atoms with van der Waals surface area (Å²) in [5, 5.41) is 20.2. The number of aliphatic hydroxyl groups is 2. The van der Waals surface area contributed by atoms with Crippen molar-refractivity contribution in [1.82, 2.24) is 0 Å². The molecule has 2 aliphatic rings. The van der Waals surface area contributed by atoms with Gasteiger partial charge in [-0.2, -0.15) is 0 Å². The van der Waals surface area contributed by atoms with Gasteiger partial charge < -0.3 is 28.5 Å². The van der Waals surface area contributed by atoms with Crippen molar-refractivity contribution in [3.05, 3.63) is 0 Å². The summed E-state index contributed by atoms with van der Waals surface area (Å²) in [6, 6.07) is 3.27. The summed E-state index contributed by atoms with van der Waals surface area (Å²) in [6.07, 6.45) is 0.830. The van der Waals surface area contributed by atoms with Crippen molar-refractivity contribution in [2.75, 3.05) is 13.2 Å². The molecule has 0 aromatic carbocycles. The van der Waals surface area contributed by atoms with Crippen molar-refractivity contribution >= 4 is 16.6 Å². The van der Waals surface area contributed by atoms with Crippen LogP contribution >= 0.6 is 0 Å². The Labute approximate surface area is 205 Å². The van der Waals surface area contributed by atoms with Gasteiger partial charge in [0.1, 0.15) is 0 Å². The molecule has 196 valence electrons. The predicted octanol–water partition coefficient (Wildman–Crippen LogP) is 5.09. The van der Waals surface area contributed by atoms with Crippen LogP contribution in [-0.4, -0.2) is 76.7 Å². The van der Waals surface area contributed by atoms with Gasteiger partial charge in [-0.1, -0.05) is 48.5 Å². The smallest absolute Gasteiger partial charge is 0.192 e. The summed E-state index contributed by atoms with van der Waals surface area (Å²) in [5.41, 5.74) is 0. The van der Waals surface area contributed by atoms with Crippen LogP contribution in [0.2, 0.25) is 36.3 Å². The number of hydrogen-bond acceptors (Lipinski definition) is 6. The predicted molar refractivity (Wildman–Crippen MR) is 139 cm³/mol. The van der Waals surface area contributed by atoms with Crippen molar-refractivity contribution in [2.24, 2.45) is 5.92 Å². The number of fused-ring (bicyclic) bond motifs is 1. The summed E-state index contributed by atoms with van der Waals surface area (Å²) in [7, 11) is -3.78. The second-order valence-electron chi connectivity index (χ2n) is 11.9. The minimum Gasteiger partial charge on any atom is -0.414 e. The Balaban J connectivity index is 2.18. The van der Waals surface area contributed by atoms with Gasteiger partial charge in [-0.25, -0.2) is 0 Å². The highest BCUT2D eigenvalue weighted by Gasteiger charge is 2.49. The molecule has 2 heterocycles. The van der Waals surface area contributed by atoms with Gasteiger partial charge in [-0.15, -0.1) is 0 Å². The Morgan fingerprint density at radius 3 is 2.09 bits per heavy atom. The lowest BCUT2D eigenvalue weighted by Crippen LogP contribution is -2.49. The van der Waals surface area contributed by atoms with Crippen LogP contribution in [0.4, 0.5) is 0 Å². The monoisotopic (exact) mass is 504 g/mol. The molecule has 2 rings (SSSR count). The summed E-state index contributed by atoms with van der Waals surface area (Å²) in [5.74, 6) is 0.110. The van der Waals surface area contributed by atoms with Gasteiger partial charge >= 0.3 is 0 Å². The highest BCUT2D eigenvalue weighted by atomic mass is 28.4. The molecule has 0 aromatic rings. The molecule has 0 bridgehead atoms. The van der Waals surface area contributed by atoms with Gasteiger partial charge in [-0.3, -0.25) is 0 Å². The van der Waals surface area contributed by atoms with Crippen LogP contribution < -0.4 is 0 Å². The largest absolute Gasteiger partial charge is 0.414 e. The third-order valence-electron chi connectivity index (χ3n) is 8.72. The summed E-state index contributed by atoms with van der Waals surface area (Å²) >= 11 is 0. The van der Waals surface area contributed by atoms with E-state index in [1.807, 2.05) is 6.92 Å². The van der Waals surface area contributed by atoms with E-state index in [1.54, 1.807) is 0 Å². The fourth-order valence-corrected chi connectivity index (χ4v) is 8.81. The highest BCUT2D eigenvalue weighted by molar-refractivity contribution is 6.74. The SMILES string of the molecule is CC[Si](CC)(CC)OC(CO[Si](C)(C)C(C)(C)C)C1C[C@H]2O[C@@H]([C@@H](C)CCO)[C@@H](O)C[C@H]2O1. The Kier molecular flexibility index (Phi) is 10.7. The number of hydrogen-bond donors (Lipinski definition) is 2. The minimum absolute atomic E-state index is 0.0375. The van der Waals surface area contributed by atoms with Crippen LogP contribution in [0, 0.1) is 5.92 Å². The summed E-state index contributed by atoms with van der Waals surface area (Å²) in [4.78, 5) is 0. The van der Waals surface area contributed by atoms with Crippen molar-refractivity contribution in [3.63, 3.8) is 0 Å². The first-order valence-electron chi connectivity index (χ1n) is 13.2. The molecule has 0 aromatic heterocycles. The van der Waals surface area contributed by atoms with E-state index in [1.165, 1.54) is 0 Å². The lowest BCUT2D eigenvalue weighted by molar-refractivity contribution is -0.173. The van der Waals surface area contributed by atoms with E-state index in [4.69, 9.17) is 18.3 Å². The molecule has 8 heteroatoms. The fourth-order valence-electron chi connectivity index (χ4n) is 4.93. The molecule has 2 saturated heterocycles. The van der Waals surface area contributed by atoms with Crippen molar-refractivity contribution < 1.29 is 28.5 Å². The molecular formula is C25H52O6Si2. The van der Waals surface area contributed by atoms with Crippen LogP contribution in [0.3, 0.4) is 0 Å². The molecule has 0 amide bonds. The Bertz CT molecular complexity index is 584. The van der Waals surface area contributed by atoms with E-state index in [0.717, 1.165) is 24.6 Å². The first kappa shape index (κ1) is 29.4. The standard InChI is InChI=1S/C25H52O6Si2/c1-10-33(11-2,12-3)31-23(17-28-32(8,9)25(5,6)7)22-16-21-20(29-22)15-19(27)24(30-21)18(4)13-14-26/h18-24,26-27H,10-17H2,1-9H3/t18-,19-,20+,21+,22?,23?,24-/m0/s1. The zero-order valence-corrected chi connectivity index (χ0v) is 24.7. The first-order valence-corrected chi connectivity index (χ1v) is 18.7. The van der Waals surface area contributed by atoms with E-state index in [-0.39, 0.29) is 48.1 Å². The van der Waals surface area contributed by atoms with E-state index in [2.05, 4.69) is 54.6 Å². The van der Waals surface area contributed by atoms with E-state index in [0.29, 0.717) is 19.4 Å². The maximum atomic E-state index is 10.7. The molecule has 33 heavy (non-hydrogen) atoms. The van der Waals surface area contributed by atoms with Gasteiger partial charge in [-0.05, 0) is 48.6 Å². The maximum Gasteiger partial charge on any atom is 0.192 e. The quantitative estimate of drug-likeness (QED) is 0.360. The van der Waals surface area contributed by atoms with Gasteiger partial charge in [0.05, 0.1) is 43.2 Å². The van der Waals surface area contributed by atoms with Gasteiger partial charge in [0.15, 0.2) is 16.6 Å². The van der Waals surface area contributed by atoms with E-state index in [9.17, 15) is 10.2 Å². The van der Waals surface area contributed by atoms with Crippen LogP contribution in [0.15, 0.2) is 0 Å². The van der Waals surface area contributed by atoms with E-state index < -0.39 is 22.7 Å². The summed E-state index contributed by atoms with van der Waals surface area (Å²) in [6.45, 7) is 20.9. The molecule has 2 unspecified atom stereocenters. The second kappa shape index (κ2) is 12.0. The third kappa shape index (κ3) is 7.12. The lowest BCUT2D eigenvalue weighted by atomic mass is 9.89.